The van der Waals surface area contributed by atoms with Gasteiger partial charge in [0.15, 0.2) is 11.5 Å². The summed E-state index contributed by atoms with van der Waals surface area (Å²) in [6.07, 6.45) is -5.80. The fourth-order valence-electron chi connectivity index (χ4n) is 4.80. The van der Waals surface area contributed by atoms with Crippen LogP contribution in [0, 0.1) is 11.6 Å². The second-order valence-electron chi connectivity index (χ2n) is 12.2. The van der Waals surface area contributed by atoms with E-state index in [-0.39, 0.29) is 34.2 Å². The van der Waals surface area contributed by atoms with Crippen molar-refractivity contribution in [2.45, 2.75) is 24.7 Å². The summed E-state index contributed by atoms with van der Waals surface area (Å²) in [5, 5.41) is 13.6. The molecule has 0 fully saturated rings. The van der Waals surface area contributed by atoms with Gasteiger partial charge in [0.25, 0.3) is 11.8 Å². The molecule has 0 unspecified atom stereocenters. The summed E-state index contributed by atoms with van der Waals surface area (Å²) in [6, 6.07) is 23.9. The Morgan fingerprint density at radius 2 is 1.14 bits per heavy atom. The number of nitrogens with zero attached hydrogens (tertiary/aromatic N) is 5. The van der Waals surface area contributed by atoms with Crippen LogP contribution in [-0.4, -0.2) is 74.9 Å². The van der Waals surface area contributed by atoms with Crippen molar-refractivity contribution in [3.8, 4) is 22.9 Å². The Bertz CT molecular complexity index is 2680. The first-order valence-corrected chi connectivity index (χ1v) is 21.9. The SMILES string of the molecule is COC(=O)CS(=O)(=O)N(Cc1ccc(-c2nnc(C(F)F)o2)cc1F)c1ccccc1.COC(=O)CS(=O)(=O)Nc1ccccc1.Fc1cc(-c2nnc(C(F)F)o2)ccc1CBr. The van der Waals surface area contributed by atoms with Crippen molar-refractivity contribution in [2.75, 3.05) is 34.8 Å². The zero-order chi connectivity index (χ0) is 46.3. The lowest BCUT2D eigenvalue weighted by Crippen LogP contribution is -2.35. The summed E-state index contributed by atoms with van der Waals surface area (Å²) in [6.45, 7) is -0.429. The molecule has 336 valence electrons. The van der Waals surface area contributed by atoms with Crippen LogP contribution in [0.2, 0.25) is 0 Å². The van der Waals surface area contributed by atoms with Crippen LogP contribution in [-0.2, 0) is 51.0 Å². The molecule has 63 heavy (non-hydrogen) atoms. The Kier molecular flexibility index (Phi) is 17.7. The van der Waals surface area contributed by atoms with Crippen molar-refractivity contribution in [3.05, 3.63) is 132 Å². The van der Waals surface area contributed by atoms with Gasteiger partial charge in [-0.1, -0.05) is 64.5 Å². The van der Waals surface area contributed by atoms with E-state index >= 15 is 0 Å². The molecule has 0 radical (unpaired) electrons. The zero-order valence-electron chi connectivity index (χ0n) is 32.5. The Balaban J connectivity index is 0.000000229. The molecule has 2 heterocycles. The third kappa shape index (κ3) is 14.6. The number of carbonyl (C=O) groups is 2. The first-order valence-electron chi connectivity index (χ1n) is 17.5. The number of ether oxygens (including phenoxy) is 2. The maximum absolute atomic E-state index is 14.7. The zero-order valence-corrected chi connectivity index (χ0v) is 35.7. The van der Waals surface area contributed by atoms with E-state index in [0.717, 1.165) is 24.6 Å². The second kappa shape index (κ2) is 22.7. The van der Waals surface area contributed by atoms with Gasteiger partial charge in [-0.2, -0.15) is 17.6 Å². The van der Waals surface area contributed by atoms with Gasteiger partial charge in [0.2, 0.25) is 31.8 Å². The first kappa shape index (κ1) is 49.3. The molecule has 0 bridgehead atoms. The van der Waals surface area contributed by atoms with Gasteiger partial charge in [-0.3, -0.25) is 18.6 Å². The predicted molar refractivity (Wildman–Crippen MR) is 216 cm³/mol. The number of esters is 2. The Labute approximate surface area is 363 Å². The van der Waals surface area contributed by atoms with Crippen molar-refractivity contribution in [2.24, 2.45) is 0 Å². The molecule has 6 rings (SSSR count). The van der Waals surface area contributed by atoms with E-state index in [4.69, 9.17) is 8.83 Å². The summed E-state index contributed by atoms with van der Waals surface area (Å²) >= 11 is 3.12. The number of aromatic nitrogens is 4. The summed E-state index contributed by atoms with van der Waals surface area (Å²) in [5.74, 6) is -6.77. The Morgan fingerprint density at radius 1 is 0.683 bits per heavy atom. The second-order valence-corrected chi connectivity index (χ2v) is 16.4. The quantitative estimate of drug-likeness (QED) is 0.0595. The minimum absolute atomic E-state index is 0.0327. The normalized spacial score (nSPS) is 11.2. The van der Waals surface area contributed by atoms with Crippen LogP contribution >= 0.6 is 15.9 Å². The largest absolute Gasteiger partial charge is 0.468 e. The molecule has 0 spiro atoms. The number of rotatable bonds is 15. The average Bonchev–Trinajstić information content (AvgIpc) is 3.96. The van der Waals surface area contributed by atoms with Gasteiger partial charge in [0, 0.05) is 27.7 Å². The van der Waals surface area contributed by atoms with Crippen LogP contribution in [0.15, 0.2) is 106 Å². The highest BCUT2D eigenvalue weighted by molar-refractivity contribution is 9.08. The van der Waals surface area contributed by atoms with Crippen molar-refractivity contribution >= 4 is 59.3 Å². The molecule has 2 aromatic heterocycles. The monoisotopic (exact) mass is 990 g/mol. The summed E-state index contributed by atoms with van der Waals surface area (Å²) < 4.78 is 147. The lowest BCUT2D eigenvalue weighted by Gasteiger charge is -2.24. The van der Waals surface area contributed by atoms with Crippen molar-refractivity contribution < 1.29 is 71.1 Å². The fraction of sp³-hybridized carbons (Fsp3) is 0.211. The third-order valence-electron chi connectivity index (χ3n) is 7.80. The molecule has 4 aromatic carbocycles. The van der Waals surface area contributed by atoms with Crippen molar-refractivity contribution in [3.63, 3.8) is 0 Å². The number of methoxy groups -OCH3 is 2. The fourth-order valence-corrected chi connectivity index (χ4v) is 7.60. The number of hydrogen-bond donors (Lipinski definition) is 1. The molecule has 0 saturated heterocycles. The summed E-state index contributed by atoms with van der Waals surface area (Å²) in [7, 11) is -5.68. The standard InChI is InChI=1S/C19H16F3N3O5S.C10H6BrF3N2O.C9H11NO4S/c1-29-16(26)11-31(27,28)25(14-5-3-2-4-6-14)10-13-8-7-12(9-15(13)20)18-23-24-19(30-18)17(21)22;11-4-6-2-1-5(3-7(6)12)9-15-16-10(17-9)8(13)14;1-14-9(11)7-15(12,13)10-8-5-3-2-4-6-8/h2-9,17H,10-11H2,1H3;1-3,8H,4H2;2-6,10H,7H2,1H3. The Hall–Kier alpha value is -6.34. The molecular formula is C38H33BrF6N6O10S2. The Morgan fingerprint density at radius 3 is 1.57 bits per heavy atom. The lowest BCUT2D eigenvalue weighted by molar-refractivity contribution is -0.138. The van der Waals surface area contributed by atoms with Gasteiger partial charge in [-0.15, -0.1) is 20.4 Å². The van der Waals surface area contributed by atoms with Crippen LogP contribution in [0.1, 0.15) is 35.8 Å². The van der Waals surface area contributed by atoms with Gasteiger partial charge in [-0.05, 0) is 54.1 Å². The molecular weight excluding hydrogens is 958 g/mol. The van der Waals surface area contributed by atoms with E-state index in [1.165, 1.54) is 42.5 Å². The number of anilines is 2. The highest BCUT2D eigenvalue weighted by atomic mass is 79.9. The lowest BCUT2D eigenvalue weighted by atomic mass is 10.1. The number of hydrogen-bond acceptors (Lipinski definition) is 14. The molecule has 6 aromatic rings. The van der Waals surface area contributed by atoms with Gasteiger partial charge in [-0.25, -0.2) is 25.6 Å². The molecule has 25 heteroatoms. The van der Waals surface area contributed by atoms with E-state index in [1.807, 2.05) is 0 Å². The molecule has 0 aliphatic rings. The minimum Gasteiger partial charge on any atom is -0.468 e. The van der Waals surface area contributed by atoms with Gasteiger partial charge < -0.3 is 18.3 Å². The maximum atomic E-state index is 14.7. The summed E-state index contributed by atoms with van der Waals surface area (Å²) in [5.41, 5.74) is 1.38. The van der Waals surface area contributed by atoms with Crippen LogP contribution in [0.25, 0.3) is 22.9 Å². The topological polar surface area (TPSA) is 214 Å². The number of benzene rings is 4. The van der Waals surface area contributed by atoms with Crippen LogP contribution in [0.5, 0.6) is 0 Å². The molecule has 0 amide bonds. The van der Waals surface area contributed by atoms with Gasteiger partial charge in [0.05, 0.1) is 26.5 Å². The molecule has 1 N–H and O–H groups in total. The third-order valence-corrected chi connectivity index (χ3v) is 11.2. The van der Waals surface area contributed by atoms with E-state index in [2.05, 4.69) is 50.5 Å². The highest BCUT2D eigenvalue weighted by Crippen LogP contribution is 2.28. The number of sulfonamides is 2. The number of carbonyl (C=O) groups excluding carboxylic acids is 2. The number of para-hydroxylation sites is 2. The number of alkyl halides is 5. The average molecular weight is 992 g/mol. The highest BCUT2D eigenvalue weighted by Gasteiger charge is 2.28. The van der Waals surface area contributed by atoms with Gasteiger partial charge in [0.1, 0.15) is 11.6 Å². The van der Waals surface area contributed by atoms with Crippen molar-refractivity contribution in [1.82, 2.24) is 20.4 Å². The maximum Gasteiger partial charge on any atom is 0.322 e. The number of nitrogens with one attached hydrogen (secondary N) is 1. The molecule has 0 aliphatic carbocycles. The molecule has 0 saturated carbocycles. The first-order chi connectivity index (χ1) is 29.9. The smallest absolute Gasteiger partial charge is 0.322 e. The van der Waals surface area contributed by atoms with Crippen LogP contribution < -0.4 is 9.03 Å². The molecule has 16 nitrogen and oxygen atoms in total. The van der Waals surface area contributed by atoms with Gasteiger partial charge >= 0.3 is 24.8 Å². The van der Waals surface area contributed by atoms with Crippen LogP contribution in [0.3, 0.4) is 0 Å². The van der Waals surface area contributed by atoms with E-state index in [1.54, 1.807) is 48.5 Å². The van der Waals surface area contributed by atoms with Crippen molar-refractivity contribution in [1.29, 1.82) is 0 Å². The number of halogens is 7. The van der Waals surface area contributed by atoms with E-state index < -0.39 is 86.3 Å². The molecule has 0 aliphatic heterocycles. The van der Waals surface area contributed by atoms with Crippen LogP contribution in [0.4, 0.5) is 37.7 Å². The van der Waals surface area contributed by atoms with E-state index in [9.17, 15) is 52.8 Å². The minimum atomic E-state index is -4.20. The molecule has 0 atom stereocenters. The summed E-state index contributed by atoms with van der Waals surface area (Å²) in [4.78, 5) is 22.3. The predicted octanol–water partition coefficient (Wildman–Crippen LogP) is 7.63. The van der Waals surface area contributed by atoms with E-state index in [0.29, 0.717) is 16.6 Å².